The van der Waals surface area contributed by atoms with Crippen molar-refractivity contribution in [2.75, 3.05) is 6.61 Å². The lowest BCUT2D eigenvalue weighted by molar-refractivity contribution is -0.384. The normalized spacial score (nSPS) is 10.5. The number of rotatable bonds is 6. The number of nitro groups is 1. The van der Waals surface area contributed by atoms with Crippen LogP contribution in [0, 0.1) is 10.1 Å². The van der Waals surface area contributed by atoms with Gasteiger partial charge in [0.2, 0.25) is 0 Å². The van der Waals surface area contributed by atoms with Gasteiger partial charge in [0.15, 0.2) is 0 Å². The summed E-state index contributed by atoms with van der Waals surface area (Å²) >= 11 is 3.31. The Kier molecular flexibility index (Phi) is 4.73. The minimum Gasteiger partial charge on any atom is -0.493 e. The molecule has 0 saturated carbocycles. The summed E-state index contributed by atoms with van der Waals surface area (Å²) in [5.41, 5.74) is 0.829. The Morgan fingerprint density at radius 2 is 2.30 bits per heavy atom. The zero-order valence-electron chi connectivity index (χ0n) is 11.0. The highest BCUT2D eigenvalue weighted by Gasteiger charge is 2.11. The fourth-order valence-electron chi connectivity index (χ4n) is 1.81. The Labute approximate surface area is 124 Å². The zero-order valence-corrected chi connectivity index (χ0v) is 12.5. The lowest BCUT2D eigenvalue weighted by atomic mass is 10.2. The molecule has 2 rings (SSSR count). The number of imidazole rings is 1. The molecule has 0 atom stereocenters. The fourth-order valence-corrected chi connectivity index (χ4v) is 2.25. The van der Waals surface area contributed by atoms with Gasteiger partial charge in [-0.15, -0.1) is 0 Å². The fraction of sp³-hybridized carbons (Fsp3) is 0.308. The zero-order chi connectivity index (χ0) is 14.5. The van der Waals surface area contributed by atoms with Crippen LogP contribution < -0.4 is 4.74 Å². The second-order valence-electron chi connectivity index (χ2n) is 4.24. The van der Waals surface area contributed by atoms with Gasteiger partial charge >= 0.3 is 0 Å². The van der Waals surface area contributed by atoms with Crippen LogP contribution in [0.25, 0.3) is 0 Å². The van der Waals surface area contributed by atoms with Gasteiger partial charge in [-0.2, -0.15) is 0 Å². The first-order chi connectivity index (χ1) is 9.61. The molecule has 0 spiro atoms. The third-order valence-corrected chi connectivity index (χ3v) is 3.51. The van der Waals surface area contributed by atoms with Gasteiger partial charge in [0.05, 0.1) is 11.5 Å². The molecule has 1 aromatic carbocycles. The number of aryl methyl sites for hydroxylation is 1. The van der Waals surface area contributed by atoms with Crippen molar-refractivity contribution in [3.8, 4) is 5.75 Å². The van der Waals surface area contributed by atoms with E-state index >= 15 is 0 Å². The molecule has 1 aromatic heterocycles. The van der Waals surface area contributed by atoms with E-state index in [1.54, 1.807) is 12.3 Å². The molecule has 0 saturated heterocycles. The number of aromatic nitrogens is 2. The third kappa shape index (κ3) is 3.36. The number of nitro benzene ring substituents is 1. The van der Waals surface area contributed by atoms with Crippen molar-refractivity contribution in [3.63, 3.8) is 0 Å². The number of halogens is 1. The molecule has 0 amide bonds. The second kappa shape index (κ2) is 6.51. The molecule has 6 nitrogen and oxygen atoms in total. The van der Waals surface area contributed by atoms with Crippen LogP contribution in [0.3, 0.4) is 0 Å². The molecule has 0 bridgehead atoms. The highest BCUT2D eigenvalue weighted by Crippen LogP contribution is 2.26. The molecule has 7 heteroatoms. The molecule has 0 unspecified atom stereocenters. The summed E-state index contributed by atoms with van der Waals surface area (Å²) in [5, 5.41) is 11.2. The smallest absolute Gasteiger partial charge is 0.270 e. The van der Waals surface area contributed by atoms with Crippen LogP contribution in [0.1, 0.15) is 11.4 Å². The highest BCUT2D eigenvalue weighted by molar-refractivity contribution is 9.08. The summed E-state index contributed by atoms with van der Waals surface area (Å²) in [7, 11) is 1.93. The van der Waals surface area contributed by atoms with E-state index < -0.39 is 4.92 Å². The summed E-state index contributed by atoms with van der Waals surface area (Å²) in [5.74, 6) is 1.59. The number of hydrogen-bond acceptors (Lipinski definition) is 4. The van der Waals surface area contributed by atoms with Gasteiger partial charge in [0.1, 0.15) is 11.6 Å². The maximum Gasteiger partial charge on any atom is 0.270 e. The minimum absolute atomic E-state index is 0.0656. The lowest BCUT2D eigenvalue weighted by Gasteiger charge is -2.09. The number of non-ortho nitro benzene ring substituents is 1. The number of alkyl halides is 1. The van der Waals surface area contributed by atoms with Crippen LogP contribution in [-0.4, -0.2) is 21.1 Å². The predicted molar refractivity (Wildman–Crippen MR) is 78.1 cm³/mol. The van der Waals surface area contributed by atoms with Crippen molar-refractivity contribution in [2.24, 2.45) is 7.05 Å². The monoisotopic (exact) mass is 339 g/mol. The first kappa shape index (κ1) is 14.5. The molecule has 1 heterocycles. The summed E-state index contributed by atoms with van der Waals surface area (Å²) in [6.07, 6.45) is 4.30. The van der Waals surface area contributed by atoms with Crippen molar-refractivity contribution in [3.05, 3.63) is 52.1 Å². The van der Waals surface area contributed by atoms with Gasteiger partial charge in [-0.3, -0.25) is 10.1 Å². The summed E-state index contributed by atoms with van der Waals surface area (Å²) in [4.78, 5) is 14.5. The van der Waals surface area contributed by atoms with Gasteiger partial charge in [-0.25, -0.2) is 4.98 Å². The number of nitrogens with zero attached hydrogens (tertiary/aromatic N) is 3. The molecule has 20 heavy (non-hydrogen) atoms. The van der Waals surface area contributed by atoms with Crippen LogP contribution in [0.5, 0.6) is 5.75 Å². The Morgan fingerprint density at radius 1 is 1.50 bits per heavy atom. The first-order valence-electron chi connectivity index (χ1n) is 6.04. The van der Waals surface area contributed by atoms with Crippen LogP contribution >= 0.6 is 15.9 Å². The second-order valence-corrected chi connectivity index (χ2v) is 4.80. The molecule has 106 valence electrons. The Hall–Kier alpha value is -1.89. The molecular formula is C13H14BrN3O3. The summed E-state index contributed by atoms with van der Waals surface area (Å²) in [6, 6.07) is 4.60. The first-order valence-corrected chi connectivity index (χ1v) is 7.16. The number of ether oxygens (including phenoxy) is 1. The van der Waals surface area contributed by atoms with Crippen LogP contribution in [0.2, 0.25) is 0 Å². The van der Waals surface area contributed by atoms with Crippen LogP contribution in [0.4, 0.5) is 5.69 Å². The van der Waals surface area contributed by atoms with Crippen molar-refractivity contribution in [1.29, 1.82) is 0 Å². The largest absolute Gasteiger partial charge is 0.493 e. The third-order valence-electron chi connectivity index (χ3n) is 2.90. The van der Waals surface area contributed by atoms with Crippen molar-refractivity contribution < 1.29 is 9.66 Å². The van der Waals surface area contributed by atoms with Gasteiger partial charge < -0.3 is 9.30 Å². The number of benzene rings is 1. The van der Waals surface area contributed by atoms with E-state index in [2.05, 4.69) is 20.9 Å². The van der Waals surface area contributed by atoms with E-state index in [1.807, 2.05) is 17.8 Å². The van der Waals surface area contributed by atoms with Crippen molar-refractivity contribution in [1.82, 2.24) is 9.55 Å². The van der Waals surface area contributed by atoms with E-state index in [9.17, 15) is 10.1 Å². The Morgan fingerprint density at radius 3 is 2.90 bits per heavy atom. The lowest BCUT2D eigenvalue weighted by Crippen LogP contribution is -2.07. The summed E-state index contributed by atoms with van der Waals surface area (Å²) in [6.45, 7) is 0.475. The predicted octanol–water partition coefficient (Wildman–Crippen LogP) is 2.84. The van der Waals surface area contributed by atoms with E-state index in [0.29, 0.717) is 24.1 Å². The topological polar surface area (TPSA) is 70.2 Å². The maximum absolute atomic E-state index is 10.7. The molecule has 0 N–H and O–H groups in total. The van der Waals surface area contributed by atoms with E-state index in [4.69, 9.17) is 4.74 Å². The average Bonchev–Trinajstić information content (AvgIpc) is 2.84. The Bertz CT molecular complexity index is 613. The van der Waals surface area contributed by atoms with E-state index in [1.165, 1.54) is 12.1 Å². The Balaban J connectivity index is 2.02. The molecule has 2 aromatic rings. The van der Waals surface area contributed by atoms with Gasteiger partial charge in [-0.05, 0) is 6.07 Å². The minimum atomic E-state index is -0.413. The average molecular weight is 340 g/mol. The summed E-state index contributed by atoms with van der Waals surface area (Å²) < 4.78 is 7.62. The van der Waals surface area contributed by atoms with Crippen molar-refractivity contribution in [2.45, 2.75) is 11.8 Å². The molecular weight excluding hydrogens is 326 g/mol. The molecule has 0 fully saturated rings. The van der Waals surface area contributed by atoms with E-state index in [-0.39, 0.29) is 5.69 Å². The van der Waals surface area contributed by atoms with Crippen LogP contribution in [0.15, 0.2) is 30.6 Å². The SMILES string of the molecule is Cn1ccnc1CCOc1ccc([N+](=O)[O-])cc1CBr. The highest BCUT2D eigenvalue weighted by atomic mass is 79.9. The van der Waals surface area contributed by atoms with E-state index in [0.717, 1.165) is 11.4 Å². The quantitative estimate of drug-likeness (QED) is 0.461. The maximum atomic E-state index is 10.7. The van der Waals surface area contributed by atoms with Crippen molar-refractivity contribution >= 4 is 21.6 Å². The van der Waals surface area contributed by atoms with Gasteiger partial charge in [0.25, 0.3) is 5.69 Å². The van der Waals surface area contributed by atoms with Gasteiger partial charge in [-0.1, -0.05) is 15.9 Å². The molecule has 0 aliphatic carbocycles. The standard InChI is InChI=1S/C13H14BrN3O3/c1-16-6-5-15-13(16)4-7-20-12-3-2-11(17(18)19)8-10(12)9-14/h2-3,5-6,8H,4,7,9H2,1H3. The molecule has 0 aliphatic rings. The molecule has 0 aliphatic heterocycles. The molecule has 0 radical (unpaired) electrons. The van der Waals surface area contributed by atoms with Gasteiger partial charge in [0, 0.05) is 48.9 Å². The van der Waals surface area contributed by atoms with Crippen LogP contribution in [-0.2, 0) is 18.8 Å². The number of hydrogen-bond donors (Lipinski definition) is 0.